The average Bonchev–Trinajstić information content (AvgIpc) is 2.90. The molecule has 0 spiro atoms. The number of carbonyl (C=O) groups excluding carboxylic acids is 1. The number of likely N-dealkylation sites (tertiary alicyclic amines) is 1. The summed E-state index contributed by atoms with van der Waals surface area (Å²) in [5, 5.41) is 0. The zero-order chi connectivity index (χ0) is 14.5. The summed E-state index contributed by atoms with van der Waals surface area (Å²) >= 11 is 1.70. The van der Waals surface area contributed by atoms with Crippen LogP contribution in [0.4, 0.5) is 0 Å². The number of hydrogen-bond donors (Lipinski definition) is 1. The molecule has 1 fully saturated rings. The van der Waals surface area contributed by atoms with Crippen molar-refractivity contribution in [2.75, 3.05) is 19.6 Å². The van der Waals surface area contributed by atoms with Gasteiger partial charge in [-0.15, -0.1) is 11.3 Å². The van der Waals surface area contributed by atoms with Gasteiger partial charge >= 0.3 is 0 Å². The van der Waals surface area contributed by atoms with Crippen molar-refractivity contribution in [2.45, 2.75) is 46.0 Å². The van der Waals surface area contributed by atoms with E-state index in [1.807, 2.05) is 4.90 Å². The Kier molecular flexibility index (Phi) is 5.61. The molecule has 0 unspecified atom stereocenters. The molecule has 4 heteroatoms. The second-order valence-corrected chi connectivity index (χ2v) is 6.77. The van der Waals surface area contributed by atoms with Crippen LogP contribution >= 0.6 is 11.3 Å². The highest BCUT2D eigenvalue weighted by Crippen LogP contribution is 2.27. The van der Waals surface area contributed by atoms with Gasteiger partial charge in [0.15, 0.2) is 0 Å². The molecule has 1 saturated heterocycles. The third-order valence-electron chi connectivity index (χ3n) is 4.20. The molecule has 3 nitrogen and oxygen atoms in total. The standard InChI is InChI=1S/C16H26N2OS/c1-3-5-14-13(4-2)10-15(20-14)16(19)18-8-6-12(11-17)7-9-18/h10,12H,3-9,11,17H2,1-2H3. The molecule has 1 aliphatic rings. The van der Waals surface area contributed by atoms with Crippen molar-refractivity contribution in [3.63, 3.8) is 0 Å². The molecule has 0 bridgehead atoms. The first-order chi connectivity index (χ1) is 9.69. The van der Waals surface area contributed by atoms with Crippen molar-refractivity contribution in [2.24, 2.45) is 11.7 Å². The Balaban J connectivity index is 2.05. The molecule has 0 radical (unpaired) electrons. The second kappa shape index (κ2) is 7.23. The van der Waals surface area contributed by atoms with Gasteiger partial charge in [-0.25, -0.2) is 0 Å². The van der Waals surface area contributed by atoms with Crippen LogP contribution in [-0.4, -0.2) is 30.4 Å². The summed E-state index contributed by atoms with van der Waals surface area (Å²) in [6.45, 7) is 6.84. The van der Waals surface area contributed by atoms with Crippen LogP contribution in [0.2, 0.25) is 0 Å². The first-order valence-corrected chi connectivity index (χ1v) is 8.62. The molecular weight excluding hydrogens is 268 g/mol. The number of carbonyl (C=O) groups is 1. The fourth-order valence-corrected chi connectivity index (χ4v) is 4.16. The fourth-order valence-electron chi connectivity index (χ4n) is 2.84. The van der Waals surface area contributed by atoms with Crippen LogP contribution in [-0.2, 0) is 12.8 Å². The van der Waals surface area contributed by atoms with E-state index in [0.717, 1.165) is 56.6 Å². The Morgan fingerprint density at radius 2 is 2.10 bits per heavy atom. The van der Waals surface area contributed by atoms with E-state index in [1.54, 1.807) is 11.3 Å². The molecule has 2 heterocycles. The lowest BCUT2D eigenvalue weighted by atomic mass is 9.97. The van der Waals surface area contributed by atoms with E-state index in [2.05, 4.69) is 19.9 Å². The number of amides is 1. The number of piperidine rings is 1. The minimum Gasteiger partial charge on any atom is -0.338 e. The highest BCUT2D eigenvalue weighted by atomic mass is 32.1. The Morgan fingerprint density at radius 3 is 2.65 bits per heavy atom. The van der Waals surface area contributed by atoms with Crippen LogP contribution < -0.4 is 5.73 Å². The van der Waals surface area contributed by atoms with Crippen molar-refractivity contribution in [3.8, 4) is 0 Å². The molecule has 20 heavy (non-hydrogen) atoms. The quantitative estimate of drug-likeness (QED) is 0.907. The molecule has 0 atom stereocenters. The Hall–Kier alpha value is -0.870. The molecule has 2 N–H and O–H groups in total. The van der Waals surface area contributed by atoms with Crippen LogP contribution in [0.1, 0.15) is 53.2 Å². The van der Waals surface area contributed by atoms with E-state index in [0.29, 0.717) is 5.92 Å². The predicted octanol–water partition coefficient (Wildman–Crippen LogP) is 3.07. The normalized spacial score (nSPS) is 16.6. The minimum atomic E-state index is 0.225. The van der Waals surface area contributed by atoms with Gasteiger partial charge in [0.25, 0.3) is 5.91 Å². The summed E-state index contributed by atoms with van der Waals surface area (Å²) in [5.74, 6) is 0.826. The zero-order valence-corrected chi connectivity index (χ0v) is 13.5. The van der Waals surface area contributed by atoms with Gasteiger partial charge in [-0.3, -0.25) is 4.79 Å². The first-order valence-electron chi connectivity index (χ1n) is 7.80. The van der Waals surface area contributed by atoms with Crippen molar-refractivity contribution in [1.29, 1.82) is 0 Å². The molecule has 0 saturated carbocycles. The summed E-state index contributed by atoms with van der Waals surface area (Å²) in [4.78, 5) is 16.9. The Morgan fingerprint density at radius 1 is 1.40 bits per heavy atom. The lowest BCUT2D eigenvalue weighted by Crippen LogP contribution is -2.39. The largest absolute Gasteiger partial charge is 0.338 e. The molecular formula is C16H26N2OS. The first kappa shape index (κ1) is 15.5. The third kappa shape index (κ3) is 3.41. The number of hydrogen-bond acceptors (Lipinski definition) is 3. The lowest BCUT2D eigenvalue weighted by Gasteiger charge is -2.31. The number of nitrogens with two attached hydrogens (primary N) is 1. The minimum absolute atomic E-state index is 0.225. The van der Waals surface area contributed by atoms with Crippen molar-refractivity contribution in [1.82, 2.24) is 4.90 Å². The Bertz CT molecular complexity index is 447. The summed E-state index contributed by atoms with van der Waals surface area (Å²) < 4.78 is 0. The van der Waals surface area contributed by atoms with E-state index in [-0.39, 0.29) is 5.91 Å². The molecule has 112 valence electrons. The summed E-state index contributed by atoms with van der Waals surface area (Å²) in [6, 6.07) is 2.12. The zero-order valence-electron chi connectivity index (χ0n) is 12.7. The van der Waals surface area contributed by atoms with E-state index < -0.39 is 0 Å². The van der Waals surface area contributed by atoms with Gasteiger partial charge in [-0.05, 0) is 49.8 Å². The van der Waals surface area contributed by atoms with E-state index >= 15 is 0 Å². The highest BCUT2D eigenvalue weighted by Gasteiger charge is 2.24. The van der Waals surface area contributed by atoms with E-state index in [1.165, 1.54) is 10.4 Å². The van der Waals surface area contributed by atoms with Crippen LogP contribution in [0.15, 0.2) is 6.07 Å². The van der Waals surface area contributed by atoms with Gasteiger partial charge < -0.3 is 10.6 Å². The van der Waals surface area contributed by atoms with Crippen molar-refractivity contribution >= 4 is 17.2 Å². The van der Waals surface area contributed by atoms with Gasteiger partial charge in [-0.1, -0.05) is 20.3 Å². The monoisotopic (exact) mass is 294 g/mol. The van der Waals surface area contributed by atoms with Crippen molar-refractivity contribution < 1.29 is 4.79 Å². The SMILES string of the molecule is CCCc1sc(C(=O)N2CCC(CN)CC2)cc1CC. The summed E-state index contributed by atoms with van der Waals surface area (Å²) in [5.41, 5.74) is 7.07. The second-order valence-electron chi connectivity index (χ2n) is 5.63. The summed E-state index contributed by atoms with van der Waals surface area (Å²) in [7, 11) is 0. The third-order valence-corrected chi connectivity index (χ3v) is 5.43. The van der Waals surface area contributed by atoms with Gasteiger partial charge in [0, 0.05) is 18.0 Å². The van der Waals surface area contributed by atoms with Gasteiger partial charge in [0.05, 0.1) is 4.88 Å². The lowest BCUT2D eigenvalue weighted by molar-refractivity contribution is 0.0698. The number of nitrogens with zero attached hydrogens (tertiary/aromatic N) is 1. The molecule has 1 aromatic heterocycles. The maximum Gasteiger partial charge on any atom is 0.263 e. The van der Waals surface area contributed by atoms with Crippen LogP contribution in [0.25, 0.3) is 0 Å². The molecule has 0 aromatic carbocycles. The molecule has 1 amide bonds. The predicted molar refractivity (Wildman–Crippen MR) is 85.4 cm³/mol. The maximum atomic E-state index is 12.6. The van der Waals surface area contributed by atoms with Crippen molar-refractivity contribution in [3.05, 3.63) is 21.4 Å². The van der Waals surface area contributed by atoms with Crippen LogP contribution in [0, 0.1) is 5.92 Å². The Labute approximate surface area is 126 Å². The van der Waals surface area contributed by atoms with E-state index in [4.69, 9.17) is 5.73 Å². The smallest absolute Gasteiger partial charge is 0.263 e. The van der Waals surface area contributed by atoms with Crippen LogP contribution in [0.3, 0.4) is 0 Å². The highest BCUT2D eigenvalue weighted by molar-refractivity contribution is 7.14. The molecule has 1 aliphatic heterocycles. The molecule has 1 aromatic rings. The van der Waals surface area contributed by atoms with Gasteiger partial charge in [0.1, 0.15) is 0 Å². The van der Waals surface area contributed by atoms with Crippen LogP contribution in [0.5, 0.6) is 0 Å². The molecule has 2 rings (SSSR count). The number of aryl methyl sites for hydroxylation is 2. The number of rotatable bonds is 5. The van der Waals surface area contributed by atoms with Gasteiger partial charge in [0.2, 0.25) is 0 Å². The fraction of sp³-hybridized carbons (Fsp3) is 0.688. The maximum absolute atomic E-state index is 12.6. The molecule has 0 aliphatic carbocycles. The topological polar surface area (TPSA) is 46.3 Å². The number of thiophene rings is 1. The summed E-state index contributed by atoms with van der Waals surface area (Å²) in [6.07, 6.45) is 5.36. The van der Waals surface area contributed by atoms with E-state index in [9.17, 15) is 4.79 Å². The van der Waals surface area contributed by atoms with Gasteiger partial charge in [-0.2, -0.15) is 0 Å². The average molecular weight is 294 g/mol.